The second-order valence-electron chi connectivity index (χ2n) is 10.3. The summed E-state index contributed by atoms with van der Waals surface area (Å²) in [5, 5.41) is 11.9. The summed E-state index contributed by atoms with van der Waals surface area (Å²) < 4.78 is 98.0. The molecule has 0 amide bonds. The van der Waals surface area contributed by atoms with Crippen molar-refractivity contribution in [2.45, 2.75) is 64.1 Å². The number of sulfonamides is 1. The molecule has 3 aromatic rings. The predicted octanol–water partition coefficient (Wildman–Crippen LogP) is 5.39. The summed E-state index contributed by atoms with van der Waals surface area (Å²) in [4.78, 5) is 0. The van der Waals surface area contributed by atoms with E-state index < -0.39 is 45.2 Å². The van der Waals surface area contributed by atoms with Crippen LogP contribution < -0.4 is 9.45 Å². The molecule has 12 heteroatoms. The minimum absolute atomic E-state index is 0.0131. The molecule has 1 aromatic carbocycles. The lowest BCUT2D eigenvalue weighted by atomic mass is 9.97. The molecule has 196 valence electrons. The molecule has 0 saturated heterocycles. The zero-order chi connectivity index (χ0) is 26.6. The van der Waals surface area contributed by atoms with Crippen LogP contribution >= 0.6 is 0 Å². The van der Waals surface area contributed by atoms with Gasteiger partial charge in [-0.15, -0.1) is 0 Å². The number of halogens is 5. The molecular formula is C24H26F5N3O3S. The first-order chi connectivity index (χ1) is 16.6. The van der Waals surface area contributed by atoms with Gasteiger partial charge < -0.3 is 9.77 Å². The van der Waals surface area contributed by atoms with Crippen LogP contribution in [0, 0.1) is 10.6 Å². The summed E-state index contributed by atoms with van der Waals surface area (Å²) >= 11 is 0. The number of pyridine rings is 1. The Morgan fingerprint density at radius 1 is 1.17 bits per heavy atom. The predicted molar refractivity (Wildman–Crippen MR) is 125 cm³/mol. The first kappa shape index (κ1) is 26.3. The average Bonchev–Trinajstić information content (AvgIpc) is 3.55. The molecule has 0 spiro atoms. The Morgan fingerprint density at radius 3 is 2.39 bits per heavy atom. The number of alkyl halides is 5. The fourth-order valence-electron chi connectivity index (χ4n) is 4.26. The molecule has 0 radical (unpaired) electrons. The lowest BCUT2D eigenvalue weighted by Crippen LogP contribution is -2.35. The van der Waals surface area contributed by atoms with Crippen molar-refractivity contribution in [1.29, 1.82) is 0 Å². The highest BCUT2D eigenvalue weighted by Crippen LogP contribution is 2.39. The number of benzene rings is 1. The Hall–Kier alpha value is -2.73. The summed E-state index contributed by atoms with van der Waals surface area (Å²) in [7, 11) is -3.96. The maximum Gasteiger partial charge on any atom is 0.422 e. The first-order valence-corrected chi connectivity index (χ1v) is 12.8. The molecule has 1 fully saturated rings. The van der Waals surface area contributed by atoms with E-state index in [0.717, 1.165) is 18.3 Å². The van der Waals surface area contributed by atoms with E-state index in [1.54, 1.807) is 4.57 Å². The van der Waals surface area contributed by atoms with E-state index in [9.17, 15) is 35.6 Å². The molecule has 1 aliphatic carbocycles. The van der Waals surface area contributed by atoms with Crippen molar-refractivity contribution < 1.29 is 35.1 Å². The summed E-state index contributed by atoms with van der Waals surface area (Å²) in [5.41, 5.74) is -1.81. The molecule has 0 bridgehead atoms. The highest BCUT2D eigenvalue weighted by atomic mass is 32.2. The van der Waals surface area contributed by atoms with Gasteiger partial charge in [-0.1, -0.05) is 26.8 Å². The van der Waals surface area contributed by atoms with Crippen LogP contribution in [0.15, 0.2) is 42.7 Å². The number of hydrogen-bond donors (Lipinski definition) is 1. The lowest BCUT2D eigenvalue weighted by molar-refractivity contribution is -0.594. The Kier molecular flexibility index (Phi) is 6.57. The van der Waals surface area contributed by atoms with Crippen LogP contribution in [0.2, 0.25) is 0 Å². The first-order valence-electron chi connectivity index (χ1n) is 11.3. The Labute approximate surface area is 205 Å². The summed E-state index contributed by atoms with van der Waals surface area (Å²) in [5.74, 6) is 0. The van der Waals surface area contributed by atoms with Crippen molar-refractivity contribution in [3.8, 4) is 11.3 Å². The van der Waals surface area contributed by atoms with Crippen molar-refractivity contribution in [3.05, 3.63) is 59.1 Å². The third kappa shape index (κ3) is 5.34. The van der Waals surface area contributed by atoms with E-state index in [1.165, 1.54) is 24.4 Å². The van der Waals surface area contributed by atoms with E-state index >= 15 is 0 Å². The van der Waals surface area contributed by atoms with E-state index in [-0.39, 0.29) is 26.7 Å². The number of rotatable bonds is 7. The van der Waals surface area contributed by atoms with Gasteiger partial charge in [0.05, 0.1) is 10.8 Å². The van der Waals surface area contributed by atoms with Crippen molar-refractivity contribution in [2.75, 3.05) is 0 Å². The molecule has 36 heavy (non-hydrogen) atoms. The monoisotopic (exact) mass is 531 g/mol. The number of nitrogens with zero attached hydrogens (tertiary/aromatic N) is 2. The fraction of sp³-hybridized carbons (Fsp3) is 0.458. The Morgan fingerprint density at radius 2 is 1.83 bits per heavy atom. The van der Waals surface area contributed by atoms with Gasteiger partial charge in [0, 0.05) is 35.3 Å². The molecule has 1 aliphatic rings. The smallest absolute Gasteiger partial charge is 0.422 e. The van der Waals surface area contributed by atoms with Crippen molar-refractivity contribution in [1.82, 2.24) is 9.29 Å². The standard InChI is InChI=1S/C24H26F5N3O3S/c1-23(2,3)13-31-12-17(20(22(25)26)30-36(34,35)15-7-8-15)16-9-6-14(11-19(16)31)21-18(24(27,28)29)5-4-10-32(21)33/h4-6,9-12,15,20,22,30H,7-8,13H2,1-3H3/t20-/m0/s1. The third-order valence-corrected chi connectivity index (χ3v) is 7.87. The molecule has 1 atom stereocenters. The Balaban J connectivity index is 1.91. The van der Waals surface area contributed by atoms with E-state index in [2.05, 4.69) is 4.72 Å². The highest BCUT2D eigenvalue weighted by Gasteiger charge is 2.41. The van der Waals surface area contributed by atoms with Crippen LogP contribution in [0.3, 0.4) is 0 Å². The van der Waals surface area contributed by atoms with Crippen LogP contribution in [0.5, 0.6) is 0 Å². The average molecular weight is 532 g/mol. The maximum atomic E-state index is 14.1. The number of nitrogens with one attached hydrogen (secondary N) is 1. The summed E-state index contributed by atoms with van der Waals surface area (Å²) in [6.45, 7) is 5.99. The zero-order valence-corrected chi connectivity index (χ0v) is 20.6. The van der Waals surface area contributed by atoms with Gasteiger partial charge in [-0.3, -0.25) is 0 Å². The van der Waals surface area contributed by atoms with Crippen LogP contribution in [0.25, 0.3) is 22.2 Å². The normalized spacial score (nSPS) is 16.1. The second-order valence-corrected chi connectivity index (χ2v) is 12.3. The number of aromatic nitrogens is 2. The van der Waals surface area contributed by atoms with Gasteiger partial charge in [-0.05, 0) is 36.5 Å². The zero-order valence-electron chi connectivity index (χ0n) is 19.8. The number of hydrogen-bond acceptors (Lipinski definition) is 3. The van der Waals surface area contributed by atoms with Crippen LogP contribution in [0.4, 0.5) is 22.0 Å². The second kappa shape index (κ2) is 8.98. The Bertz CT molecular complexity index is 1390. The topological polar surface area (TPSA) is 78.0 Å². The molecule has 0 aliphatic heterocycles. The summed E-state index contributed by atoms with van der Waals surface area (Å²) in [6.07, 6.45) is -4.71. The van der Waals surface area contributed by atoms with Gasteiger partial charge in [-0.25, -0.2) is 21.9 Å². The largest absolute Gasteiger partial charge is 0.618 e. The van der Waals surface area contributed by atoms with Gasteiger partial charge in [-0.2, -0.15) is 17.9 Å². The molecule has 2 heterocycles. The van der Waals surface area contributed by atoms with Crippen molar-refractivity contribution >= 4 is 20.9 Å². The molecule has 2 aromatic heterocycles. The number of fused-ring (bicyclic) bond motifs is 1. The van der Waals surface area contributed by atoms with Crippen LogP contribution in [-0.2, 0) is 22.7 Å². The fourth-order valence-corrected chi connectivity index (χ4v) is 5.79. The molecule has 1 N–H and O–H groups in total. The van der Waals surface area contributed by atoms with E-state index in [1.807, 2.05) is 20.8 Å². The van der Waals surface area contributed by atoms with E-state index in [4.69, 9.17) is 0 Å². The maximum absolute atomic E-state index is 14.1. The molecule has 0 unspecified atom stereocenters. The molecular weight excluding hydrogens is 505 g/mol. The van der Waals surface area contributed by atoms with Gasteiger partial charge >= 0.3 is 6.18 Å². The SMILES string of the molecule is CC(C)(C)Cn1cc([C@H](NS(=O)(=O)C2CC2)C(F)F)c2ccc(-c3c(C(F)(F)F)ccc[n+]3[O-])cc21. The quantitative estimate of drug-likeness (QED) is 0.252. The van der Waals surface area contributed by atoms with Crippen LogP contribution in [0.1, 0.15) is 50.8 Å². The van der Waals surface area contributed by atoms with Gasteiger partial charge in [0.1, 0.15) is 11.6 Å². The highest BCUT2D eigenvalue weighted by molar-refractivity contribution is 7.90. The van der Waals surface area contributed by atoms with Gasteiger partial charge in [0.25, 0.3) is 6.43 Å². The third-order valence-electron chi connectivity index (χ3n) is 5.94. The minimum Gasteiger partial charge on any atom is -0.618 e. The summed E-state index contributed by atoms with van der Waals surface area (Å²) in [6, 6.07) is 3.92. The molecule has 4 rings (SSSR count). The van der Waals surface area contributed by atoms with Crippen molar-refractivity contribution in [3.63, 3.8) is 0 Å². The molecule has 6 nitrogen and oxygen atoms in total. The van der Waals surface area contributed by atoms with Gasteiger partial charge in [0.15, 0.2) is 6.20 Å². The van der Waals surface area contributed by atoms with Crippen molar-refractivity contribution in [2.24, 2.45) is 5.41 Å². The minimum atomic E-state index is -4.79. The lowest BCUT2D eigenvalue weighted by Gasteiger charge is -2.20. The van der Waals surface area contributed by atoms with E-state index in [0.29, 0.717) is 24.9 Å². The van der Waals surface area contributed by atoms with Crippen LogP contribution in [-0.4, -0.2) is 24.7 Å². The molecule has 1 saturated carbocycles. The van der Waals surface area contributed by atoms with Gasteiger partial charge in [0.2, 0.25) is 15.7 Å².